The molecule has 0 spiro atoms. The van der Waals surface area contributed by atoms with E-state index in [1.807, 2.05) is 4.98 Å². The van der Waals surface area contributed by atoms with Crippen LogP contribution in [0.5, 0.6) is 0 Å². The number of nitrogens with one attached hydrogen (secondary N) is 2. The fourth-order valence-electron chi connectivity index (χ4n) is 3.86. The van der Waals surface area contributed by atoms with Gasteiger partial charge in [0.1, 0.15) is 42.7 Å². The molecular weight excluding hydrogens is 656 g/mol. The van der Waals surface area contributed by atoms with Crippen LogP contribution in [0, 0.1) is 0 Å². The molecule has 2 aliphatic rings. The average Bonchev–Trinajstić information content (AvgIpc) is 3.18. The van der Waals surface area contributed by atoms with Crippen molar-refractivity contribution in [3.63, 3.8) is 0 Å². The van der Waals surface area contributed by atoms with Crippen molar-refractivity contribution in [2.75, 3.05) is 25.2 Å². The highest BCUT2D eigenvalue weighted by molar-refractivity contribution is 8.76. The highest BCUT2D eigenvalue weighted by atomic mass is 33.1. The number of carbonyl (C=O) groups is 1. The Morgan fingerprint density at radius 3 is 2.36 bits per heavy atom. The standard InChI is InChI=1S/C18H29N3O17P2S2/c1-41-42-6-10(24)19-11-14(27)12(25)7(4-22)36-17(11)37-40(32,33)38-39(30,31)34-5-8-13(26)15(28)16(35-8)21-3-2-9(23)20-18(21)29/h2-3,7-8,11-17,22,25-28H,4-6H2,1H3,(H,19,24)(H,30,31)(H,32,33)(H,20,23,29)/t7-,8-,11-,12+,13-,14-,15-,16-,17-/m1/s1. The molecule has 1 aromatic heterocycles. The summed E-state index contributed by atoms with van der Waals surface area (Å²) in [7, 11) is -8.86. The summed E-state index contributed by atoms with van der Waals surface area (Å²) in [6, 6.07) is -0.780. The van der Waals surface area contributed by atoms with E-state index in [-0.39, 0.29) is 5.75 Å². The van der Waals surface area contributed by atoms with E-state index < -0.39 is 101 Å². The van der Waals surface area contributed by atoms with Gasteiger partial charge < -0.3 is 50.1 Å². The van der Waals surface area contributed by atoms with Gasteiger partial charge in [0.2, 0.25) is 5.91 Å². The second kappa shape index (κ2) is 14.7. The van der Waals surface area contributed by atoms with Gasteiger partial charge in [-0.25, -0.2) is 13.9 Å². The Morgan fingerprint density at radius 1 is 1.07 bits per heavy atom. The van der Waals surface area contributed by atoms with Crippen LogP contribution in [-0.2, 0) is 36.8 Å². The first-order chi connectivity index (χ1) is 19.6. The molecule has 3 heterocycles. The van der Waals surface area contributed by atoms with Crippen molar-refractivity contribution in [3.8, 4) is 0 Å². The summed E-state index contributed by atoms with van der Waals surface area (Å²) in [4.78, 5) is 57.5. The maximum absolute atomic E-state index is 12.6. The van der Waals surface area contributed by atoms with Crippen molar-refractivity contribution in [3.05, 3.63) is 33.1 Å². The molecule has 0 aromatic carbocycles. The number of amides is 1. The quantitative estimate of drug-likeness (QED) is 0.0714. The molecule has 0 aliphatic carbocycles. The average molecular weight is 686 g/mol. The van der Waals surface area contributed by atoms with Gasteiger partial charge in [0, 0.05) is 12.3 Å². The van der Waals surface area contributed by atoms with Crippen LogP contribution in [0.25, 0.3) is 0 Å². The Bertz CT molecular complexity index is 1300. The van der Waals surface area contributed by atoms with Crippen molar-refractivity contribution in [1.29, 1.82) is 0 Å². The second-order valence-electron chi connectivity index (χ2n) is 8.71. The number of carbonyl (C=O) groups excluding carboxylic acids is 1. The van der Waals surface area contributed by atoms with Crippen molar-refractivity contribution in [2.45, 2.75) is 55.2 Å². The predicted octanol–water partition coefficient (Wildman–Crippen LogP) is -3.66. The fraction of sp³-hybridized carbons (Fsp3) is 0.722. The number of H-pyrrole nitrogens is 1. The van der Waals surface area contributed by atoms with Gasteiger partial charge >= 0.3 is 21.3 Å². The first-order valence-electron chi connectivity index (χ1n) is 11.7. The van der Waals surface area contributed by atoms with Gasteiger partial charge in [-0.1, -0.05) is 21.6 Å². The third-order valence-electron chi connectivity index (χ3n) is 5.82. The lowest BCUT2D eigenvalue weighted by atomic mass is 9.97. The predicted molar refractivity (Wildman–Crippen MR) is 141 cm³/mol. The lowest BCUT2D eigenvalue weighted by Gasteiger charge is -2.42. The molecule has 240 valence electrons. The van der Waals surface area contributed by atoms with Crippen molar-refractivity contribution in [2.24, 2.45) is 0 Å². The van der Waals surface area contributed by atoms with E-state index >= 15 is 0 Å². The Morgan fingerprint density at radius 2 is 1.74 bits per heavy atom. The van der Waals surface area contributed by atoms with E-state index in [0.29, 0.717) is 0 Å². The summed E-state index contributed by atoms with van der Waals surface area (Å²) in [5, 5.41) is 52.6. The van der Waals surface area contributed by atoms with E-state index in [1.165, 1.54) is 10.8 Å². The molecule has 20 nitrogen and oxygen atoms in total. The number of aliphatic hydroxyl groups excluding tert-OH is 5. The molecule has 24 heteroatoms. The van der Waals surface area contributed by atoms with Crippen LogP contribution in [-0.4, -0.2) is 125 Å². The van der Waals surface area contributed by atoms with Crippen molar-refractivity contribution in [1.82, 2.24) is 14.9 Å². The lowest BCUT2D eigenvalue weighted by molar-refractivity contribution is -0.247. The number of hydrogen-bond donors (Lipinski definition) is 9. The van der Waals surface area contributed by atoms with E-state index in [9.17, 15) is 58.8 Å². The smallest absolute Gasteiger partial charge is 0.394 e. The highest BCUT2D eigenvalue weighted by Gasteiger charge is 2.50. The molecule has 3 rings (SSSR count). The number of ether oxygens (including phenoxy) is 2. The van der Waals surface area contributed by atoms with E-state index in [2.05, 4.69) is 14.2 Å². The van der Waals surface area contributed by atoms with Gasteiger partial charge in [-0.05, 0) is 6.26 Å². The highest BCUT2D eigenvalue weighted by Crippen LogP contribution is 2.61. The van der Waals surface area contributed by atoms with Gasteiger partial charge in [-0.3, -0.25) is 28.2 Å². The van der Waals surface area contributed by atoms with Gasteiger partial charge in [-0.2, -0.15) is 4.31 Å². The SMILES string of the molecule is CSSCC(=O)N[C@H]1[C@@H](OP(=O)(O)OP(=O)(O)OC[C@H]2O[C@@H](n3ccc(=O)[nH]c3=O)[C@H](O)[C@@H]2O)O[C@H](CO)[C@H](O)[C@@H]1O. The Labute approximate surface area is 243 Å². The minimum absolute atomic E-state index is 0.148. The molecular formula is C18H29N3O17P2S2. The second-order valence-corrected chi connectivity index (χ2v) is 14.3. The largest absolute Gasteiger partial charge is 0.483 e. The van der Waals surface area contributed by atoms with Crippen LogP contribution in [0.3, 0.4) is 0 Å². The number of aromatic amines is 1. The Kier molecular flexibility index (Phi) is 12.4. The number of nitrogens with zero attached hydrogens (tertiary/aromatic N) is 1. The zero-order chi connectivity index (χ0) is 31.4. The minimum Gasteiger partial charge on any atom is -0.394 e. The molecule has 1 aromatic rings. The van der Waals surface area contributed by atoms with Crippen LogP contribution < -0.4 is 16.6 Å². The number of rotatable bonds is 13. The van der Waals surface area contributed by atoms with E-state index in [1.54, 1.807) is 6.26 Å². The zero-order valence-corrected chi connectivity index (χ0v) is 24.8. The van der Waals surface area contributed by atoms with Crippen molar-refractivity contribution >= 4 is 43.1 Å². The summed E-state index contributed by atoms with van der Waals surface area (Å²) < 4.78 is 49.8. The summed E-state index contributed by atoms with van der Waals surface area (Å²) in [5.74, 6) is -0.861. The summed E-state index contributed by atoms with van der Waals surface area (Å²) in [5.41, 5.74) is -1.75. The monoisotopic (exact) mass is 685 g/mol. The van der Waals surface area contributed by atoms with E-state index in [4.69, 9.17) is 14.0 Å². The maximum Gasteiger partial charge on any atom is 0.483 e. The van der Waals surface area contributed by atoms with Crippen LogP contribution in [0.2, 0.25) is 0 Å². The zero-order valence-electron chi connectivity index (χ0n) is 21.3. The molecule has 2 aliphatic heterocycles. The molecule has 0 bridgehead atoms. The van der Waals surface area contributed by atoms with Gasteiger partial charge in [0.05, 0.1) is 19.0 Å². The maximum atomic E-state index is 12.6. The number of aromatic nitrogens is 2. The first kappa shape index (κ1) is 35.3. The molecule has 2 fully saturated rings. The van der Waals surface area contributed by atoms with Gasteiger partial charge in [0.25, 0.3) is 5.56 Å². The van der Waals surface area contributed by atoms with Crippen LogP contribution in [0.15, 0.2) is 21.9 Å². The number of phosphoric acid groups is 2. The van der Waals surface area contributed by atoms with Crippen LogP contribution in [0.1, 0.15) is 6.23 Å². The molecule has 11 atom stereocenters. The topological polar surface area (TPSA) is 306 Å². The first-order valence-corrected chi connectivity index (χ1v) is 17.4. The summed E-state index contributed by atoms with van der Waals surface area (Å²) in [6.45, 7) is -1.94. The third kappa shape index (κ3) is 8.94. The van der Waals surface area contributed by atoms with Crippen LogP contribution >= 0.6 is 37.2 Å². The van der Waals surface area contributed by atoms with Crippen LogP contribution in [0.4, 0.5) is 0 Å². The number of hydrogen-bond acceptors (Lipinski definition) is 17. The van der Waals surface area contributed by atoms with Crippen molar-refractivity contribution < 1.29 is 72.1 Å². The summed E-state index contributed by atoms with van der Waals surface area (Å²) in [6.07, 6.45) is -11.4. The fourth-order valence-corrected chi connectivity index (χ4v) is 7.01. The Hall–Kier alpha value is -1.17. The summed E-state index contributed by atoms with van der Waals surface area (Å²) >= 11 is 0. The lowest BCUT2D eigenvalue weighted by Crippen LogP contribution is -2.64. The Balaban J connectivity index is 1.66. The normalized spacial score (nSPS) is 34.4. The molecule has 2 unspecified atom stereocenters. The van der Waals surface area contributed by atoms with E-state index in [0.717, 1.165) is 27.6 Å². The molecule has 42 heavy (non-hydrogen) atoms. The third-order valence-corrected chi connectivity index (χ3v) is 10.1. The molecule has 0 saturated carbocycles. The molecule has 9 N–H and O–H groups in total. The molecule has 2 saturated heterocycles. The number of phosphoric ester groups is 2. The minimum atomic E-state index is -5.66. The molecule has 1 amide bonds. The molecule has 0 radical (unpaired) electrons. The number of aliphatic hydroxyl groups is 5. The van der Waals surface area contributed by atoms with Gasteiger partial charge in [0.15, 0.2) is 12.5 Å². The van der Waals surface area contributed by atoms with Gasteiger partial charge in [-0.15, -0.1) is 0 Å².